The molecular formula is C19H32N2O4. The van der Waals surface area contributed by atoms with E-state index in [0.717, 1.165) is 25.5 Å². The van der Waals surface area contributed by atoms with Gasteiger partial charge in [-0.15, -0.1) is 0 Å². The number of nitrogens with two attached hydrogens (primary N) is 1. The second-order valence-corrected chi connectivity index (χ2v) is 7.03. The molecule has 1 amide bonds. The number of hydrogen-bond acceptors (Lipinski definition) is 5. The molecule has 1 aliphatic rings. The first-order valence-electron chi connectivity index (χ1n) is 9.14. The summed E-state index contributed by atoms with van der Waals surface area (Å²) in [4.78, 5) is 36.4. The average Bonchev–Trinajstić information content (AvgIpc) is 2.93. The fraction of sp³-hybridized carbons (Fsp3) is 0.737. The fourth-order valence-corrected chi connectivity index (χ4v) is 3.11. The molecule has 0 saturated carbocycles. The Morgan fingerprint density at radius 1 is 1.32 bits per heavy atom. The number of aldehydes is 1. The highest BCUT2D eigenvalue weighted by Gasteiger charge is 2.24. The van der Waals surface area contributed by atoms with E-state index in [9.17, 15) is 14.4 Å². The summed E-state index contributed by atoms with van der Waals surface area (Å²) in [5.41, 5.74) is 6.02. The molecule has 142 valence electrons. The highest BCUT2D eigenvalue weighted by atomic mass is 16.5. The van der Waals surface area contributed by atoms with Gasteiger partial charge < -0.3 is 20.2 Å². The smallest absolute Gasteiger partial charge is 0.248 e. The van der Waals surface area contributed by atoms with Gasteiger partial charge in [-0.2, -0.15) is 0 Å². The molecule has 0 aromatic heterocycles. The van der Waals surface area contributed by atoms with Crippen LogP contribution in [0.15, 0.2) is 12.2 Å². The van der Waals surface area contributed by atoms with Gasteiger partial charge in [0.1, 0.15) is 12.1 Å². The van der Waals surface area contributed by atoms with Gasteiger partial charge in [-0.3, -0.25) is 9.59 Å². The first kappa shape index (κ1) is 21.5. The minimum absolute atomic E-state index is 0.0215. The summed E-state index contributed by atoms with van der Waals surface area (Å²) < 4.78 is 5.22. The van der Waals surface area contributed by atoms with Gasteiger partial charge in [0.25, 0.3) is 0 Å². The van der Waals surface area contributed by atoms with Crippen molar-refractivity contribution in [3.63, 3.8) is 0 Å². The van der Waals surface area contributed by atoms with Gasteiger partial charge in [0, 0.05) is 44.5 Å². The Morgan fingerprint density at radius 3 is 2.64 bits per heavy atom. The van der Waals surface area contributed by atoms with Crippen LogP contribution < -0.4 is 5.73 Å². The second kappa shape index (κ2) is 11.2. The van der Waals surface area contributed by atoms with Gasteiger partial charge in [-0.05, 0) is 31.3 Å². The molecule has 0 fully saturated rings. The number of ether oxygens (including phenoxy) is 1. The number of nitrogens with zero attached hydrogens (tertiary/aromatic N) is 1. The minimum atomic E-state index is -0.262. The molecule has 2 N–H and O–H groups in total. The van der Waals surface area contributed by atoms with Crippen LogP contribution in [-0.2, 0) is 19.1 Å². The van der Waals surface area contributed by atoms with Crippen LogP contribution in [0.4, 0.5) is 0 Å². The van der Waals surface area contributed by atoms with Crippen LogP contribution in [0.25, 0.3) is 0 Å². The lowest BCUT2D eigenvalue weighted by atomic mass is 9.87. The molecule has 6 nitrogen and oxygen atoms in total. The number of methoxy groups -OCH3 is 1. The largest absolute Gasteiger partial charge is 0.358 e. The predicted molar refractivity (Wildman–Crippen MR) is 96.7 cm³/mol. The Morgan fingerprint density at radius 2 is 2.04 bits per heavy atom. The summed E-state index contributed by atoms with van der Waals surface area (Å²) in [6.07, 6.45) is 7.99. The van der Waals surface area contributed by atoms with Crippen LogP contribution in [0.2, 0.25) is 0 Å². The van der Waals surface area contributed by atoms with Crippen molar-refractivity contribution in [3.05, 3.63) is 12.2 Å². The molecule has 1 rings (SSSR count). The number of ketones is 1. The molecule has 0 aliphatic carbocycles. The average molecular weight is 352 g/mol. The highest BCUT2D eigenvalue weighted by molar-refractivity contribution is 5.90. The number of carbonyl (C=O) groups excluding carboxylic acids is 3. The standard InChI is InChI=1S/C19H32N2O4/c1-14(2)16(13-22)17(20)9-8-15(23)7-5-4-6-12-21-18(24)10-11-19(21)25-3/h10-11,13-14,16-17,19H,4-9,12,20H2,1-3H3/t16-,17?,19?/m1/s1. The van der Waals surface area contributed by atoms with Gasteiger partial charge in [-0.1, -0.05) is 20.3 Å². The summed E-state index contributed by atoms with van der Waals surface area (Å²) >= 11 is 0. The molecule has 0 aromatic carbocycles. The van der Waals surface area contributed by atoms with Crippen molar-refractivity contribution >= 4 is 18.0 Å². The number of rotatable bonds is 13. The second-order valence-electron chi connectivity index (χ2n) is 7.03. The third-order valence-electron chi connectivity index (χ3n) is 4.77. The number of Topliss-reactive ketones (excluding diaryl/α,β-unsaturated/α-hetero) is 1. The molecule has 0 radical (unpaired) electrons. The van der Waals surface area contributed by atoms with Crippen molar-refractivity contribution in [3.8, 4) is 0 Å². The van der Waals surface area contributed by atoms with Gasteiger partial charge in [-0.25, -0.2) is 0 Å². The zero-order chi connectivity index (χ0) is 18.8. The van der Waals surface area contributed by atoms with E-state index < -0.39 is 0 Å². The topological polar surface area (TPSA) is 89.7 Å². The van der Waals surface area contributed by atoms with E-state index in [2.05, 4.69) is 0 Å². The number of amides is 1. The highest BCUT2D eigenvalue weighted by Crippen LogP contribution is 2.17. The van der Waals surface area contributed by atoms with Crippen LogP contribution in [0.1, 0.15) is 52.4 Å². The molecule has 2 unspecified atom stereocenters. The summed E-state index contributed by atoms with van der Waals surface area (Å²) in [7, 11) is 1.58. The van der Waals surface area contributed by atoms with E-state index in [1.54, 1.807) is 18.1 Å². The van der Waals surface area contributed by atoms with Crippen LogP contribution >= 0.6 is 0 Å². The van der Waals surface area contributed by atoms with Crippen LogP contribution in [0.3, 0.4) is 0 Å². The zero-order valence-corrected chi connectivity index (χ0v) is 15.6. The van der Waals surface area contributed by atoms with Crippen molar-refractivity contribution in [2.75, 3.05) is 13.7 Å². The summed E-state index contributed by atoms with van der Waals surface area (Å²) in [6.45, 7) is 4.57. The van der Waals surface area contributed by atoms with Crippen LogP contribution in [0.5, 0.6) is 0 Å². The first-order chi connectivity index (χ1) is 11.9. The maximum Gasteiger partial charge on any atom is 0.248 e. The molecule has 1 aliphatic heterocycles. The van der Waals surface area contributed by atoms with E-state index in [1.807, 2.05) is 13.8 Å². The van der Waals surface area contributed by atoms with E-state index in [4.69, 9.17) is 10.5 Å². The van der Waals surface area contributed by atoms with Crippen molar-refractivity contribution in [1.29, 1.82) is 0 Å². The van der Waals surface area contributed by atoms with Crippen LogP contribution in [0, 0.1) is 11.8 Å². The van der Waals surface area contributed by atoms with E-state index in [1.165, 1.54) is 6.08 Å². The zero-order valence-electron chi connectivity index (χ0n) is 15.6. The number of unbranched alkanes of at least 4 members (excludes halogenated alkanes) is 2. The molecular weight excluding hydrogens is 320 g/mol. The van der Waals surface area contributed by atoms with Gasteiger partial charge in [0.15, 0.2) is 6.23 Å². The molecule has 6 heteroatoms. The quantitative estimate of drug-likeness (QED) is 0.405. The third kappa shape index (κ3) is 7.08. The molecule has 0 bridgehead atoms. The fourth-order valence-electron chi connectivity index (χ4n) is 3.11. The monoisotopic (exact) mass is 352 g/mol. The molecule has 0 aromatic rings. The lowest BCUT2D eigenvalue weighted by molar-refractivity contribution is -0.132. The Kier molecular flexibility index (Phi) is 9.60. The minimum Gasteiger partial charge on any atom is -0.358 e. The van der Waals surface area contributed by atoms with Crippen molar-refractivity contribution in [2.24, 2.45) is 17.6 Å². The van der Waals surface area contributed by atoms with Gasteiger partial charge >= 0.3 is 0 Å². The van der Waals surface area contributed by atoms with E-state index in [0.29, 0.717) is 25.8 Å². The van der Waals surface area contributed by atoms with Crippen molar-refractivity contribution < 1.29 is 19.1 Å². The lowest BCUT2D eigenvalue weighted by Crippen LogP contribution is -2.35. The lowest BCUT2D eigenvalue weighted by Gasteiger charge is -2.23. The SMILES string of the molecule is COC1C=CC(=O)N1CCCCCC(=O)CCC(N)[C@H](C=O)C(C)C. The summed E-state index contributed by atoms with van der Waals surface area (Å²) in [6, 6.07) is -0.249. The van der Waals surface area contributed by atoms with Gasteiger partial charge in [0.2, 0.25) is 5.91 Å². The Balaban J connectivity index is 2.15. The molecule has 0 spiro atoms. The molecule has 1 heterocycles. The normalized spacial score (nSPS) is 19.5. The summed E-state index contributed by atoms with van der Waals surface area (Å²) in [5, 5.41) is 0. The first-order valence-corrected chi connectivity index (χ1v) is 9.14. The third-order valence-corrected chi connectivity index (χ3v) is 4.77. The Bertz CT molecular complexity index is 476. The predicted octanol–water partition coefficient (Wildman–Crippen LogP) is 2.07. The summed E-state index contributed by atoms with van der Waals surface area (Å²) in [5.74, 6) is 0.179. The van der Waals surface area contributed by atoms with Crippen molar-refractivity contribution in [2.45, 2.75) is 64.6 Å². The molecule has 3 atom stereocenters. The number of carbonyl (C=O) groups is 3. The Hall–Kier alpha value is -1.53. The van der Waals surface area contributed by atoms with Crippen molar-refractivity contribution in [1.82, 2.24) is 4.90 Å². The van der Waals surface area contributed by atoms with E-state index in [-0.39, 0.29) is 35.8 Å². The number of hydrogen-bond donors (Lipinski definition) is 1. The van der Waals surface area contributed by atoms with E-state index >= 15 is 0 Å². The Labute approximate surface area is 150 Å². The van der Waals surface area contributed by atoms with Crippen LogP contribution in [-0.4, -0.2) is 48.8 Å². The maximum absolute atomic E-state index is 12.0. The molecule has 0 saturated heterocycles. The molecule has 25 heavy (non-hydrogen) atoms. The maximum atomic E-state index is 12.0. The van der Waals surface area contributed by atoms with Gasteiger partial charge in [0.05, 0.1) is 0 Å².